The van der Waals surface area contributed by atoms with Gasteiger partial charge in [0.2, 0.25) is 29.5 Å². The summed E-state index contributed by atoms with van der Waals surface area (Å²) in [4.78, 5) is 69.2. The van der Waals surface area contributed by atoms with Crippen LogP contribution in [-0.2, 0) is 43.2 Å². The van der Waals surface area contributed by atoms with E-state index in [2.05, 4.69) is 26.6 Å². The molecule has 5 aromatic rings. The van der Waals surface area contributed by atoms with Crippen molar-refractivity contribution in [3.8, 4) is 0 Å². The molecule has 308 valence electrons. The van der Waals surface area contributed by atoms with Crippen molar-refractivity contribution in [2.45, 2.75) is 75.5 Å². The summed E-state index contributed by atoms with van der Waals surface area (Å²) in [5.41, 5.74) is 13.8. The summed E-state index contributed by atoms with van der Waals surface area (Å²) in [7, 11) is 0. The van der Waals surface area contributed by atoms with Gasteiger partial charge in [-0.25, -0.2) is 0 Å². The van der Waals surface area contributed by atoms with E-state index in [-0.39, 0.29) is 31.1 Å². The number of hydrogen-bond acceptors (Lipinski definition) is 7. The molecule has 0 aromatic heterocycles. The molecule has 12 nitrogen and oxygen atoms in total. The molecule has 1 aliphatic heterocycles. The van der Waals surface area contributed by atoms with Crippen LogP contribution < -0.4 is 38.1 Å². The predicted molar refractivity (Wildman–Crippen MR) is 231 cm³/mol. The van der Waals surface area contributed by atoms with Crippen LogP contribution >= 0.6 is 0 Å². The van der Waals surface area contributed by atoms with Gasteiger partial charge in [-0.3, -0.25) is 24.0 Å². The summed E-state index contributed by atoms with van der Waals surface area (Å²) in [5, 5.41) is 19.0. The molecule has 0 saturated carbocycles. The van der Waals surface area contributed by atoms with Crippen LogP contribution in [0.15, 0.2) is 115 Å². The Balaban J connectivity index is 1.29. The molecule has 6 rings (SSSR count). The number of hydrogen-bond donors (Lipinski definition) is 7. The monoisotopic (exact) mass is 797 g/mol. The standard InChI is InChI=1S/C47H55N7O5/c48-23-9-8-16-39(43(49)55)51-45(57)40(28-31-10-2-1-3-11-31)53-47(59)42(30-33-18-20-35-13-5-7-15-38(35)27-33)54-46(58)41(52-44(56)36-21-24-50-25-22-36)29-32-17-19-34-12-4-6-14-37(34)26-32/h1-7,10-15,17-20,26-27,36,39-42,50H,8-9,16,21-25,28-30,48H2,(H2,49,55)(H,51,57)(H,52,56)(H,53,59)(H,54,58). The molecule has 1 aliphatic rings. The molecule has 5 amide bonds. The number of piperidine rings is 1. The first-order chi connectivity index (χ1) is 28.7. The number of benzene rings is 5. The van der Waals surface area contributed by atoms with Crippen molar-refractivity contribution in [2.24, 2.45) is 17.4 Å². The first-order valence-corrected chi connectivity index (χ1v) is 20.6. The average molecular weight is 798 g/mol. The molecule has 12 heteroatoms. The second-order valence-electron chi connectivity index (χ2n) is 15.4. The lowest BCUT2D eigenvalue weighted by atomic mass is 9.95. The molecule has 0 spiro atoms. The maximum Gasteiger partial charge on any atom is 0.243 e. The van der Waals surface area contributed by atoms with Gasteiger partial charge in [0.25, 0.3) is 0 Å². The number of carbonyl (C=O) groups is 5. The summed E-state index contributed by atoms with van der Waals surface area (Å²) in [6, 6.07) is 32.5. The second-order valence-corrected chi connectivity index (χ2v) is 15.4. The molecule has 0 bridgehead atoms. The molecular weight excluding hydrogens is 743 g/mol. The molecule has 9 N–H and O–H groups in total. The van der Waals surface area contributed by atoms with Gasteiger partial charge < -0.3 is 38.1 Å². The second kappa shape index (κ2) is 21.1. The SMILES string of the molecule is NCCCCC(NC(=O)C(Cc1ccccc1)NC(=O)C(Cc1ccc2ccccc2c1)NC(=O)C(Cc1ccc2ccccc2c1)NC(=O)C1CCNCC1)C(N)=O. The van der Waals surface area contributed by atoms with E-state index in [0.717, 1.165) is 38.2 Å². The fourth-order valence-electron chi connectivity index (χ4n) is 7.65. The molecule has 1 saturated heterocycles. The Hall–Kier alpha value is -6.11. The highest BCUT2D eigenvalue weighted by Gasteiger charge is 2.33. The van der Waals surface area contributed by atoms with Gasteiger partial charge >= 0.3 is 0 Å². The average Bonchev–Trinajstić information content (AvgIpc) is 3.25. The Morgan fingerprint density at radius 1 is 0.542 bits per heavy atom. The van der Waals surface area contributed by atoms with Crippen LogP contribution in [0.2, 0.25) is 0 Å². The number of nitrogens with one attached hydrogen (secondary N) is 5. The Kier molecular flexibility index (Phi) is 15.2. The van der Waals surface area contributed by atoms with E-state index in [0.29, 0.717) is 51.7 Å². The van der Waals surface area contributed by atoms with Gasteiger partial charge in [-0.1, -0.05) is 115 Å². The summed E-state index contributed by atoms with van der Waals surface area (Å²) in [6.07, 6.45) is 3.22. The number of nitrogens with two attached hydrogens (primary N) is 2. The van der Waals surface area contributed by atoms with Crippen LogP contribution in [0.1, 0.15) is 48.8 Å². The molecule has 1 fully saturated rings. The molecule has 0 aliphatic carbocycles. The van der Waals surface area contributed by atoms with Crippen LogP contribution in [-0.4, -0.2) is 73.3 Å². The van der Waals surface area contributed by atoms with Crippen molar-refractivity contribution < 1.29 is 24.0 Å². The maximum absolute atomic E-state index is 14.6. The normalized spacial score (nSPS) is 15.1. The van der Waals surface area contributed by atoms with Crippen LogP contribution in [0.4, 0.5) is 0 Å². The largest absolute Gasteiger partial charge is 0.368 e. The molecule has 1 heterocycles. The molecule has 0 radical (unpaired) electrons. The van der Waals surface area contributed by atoms with E-state index >= 15 is 0 Å². The van der Waals surface area contributed by atoms with Crippen molar-refractivity contribution in [2.75, 3.05) is 19.6 Å². The topological polar surface area (TPSA) is 198 Å². The number of amides is 5. The Bertz CT molecular complexity index is 2230. The molecule has 4 unspecified atom stereocenters. The highest BCUT2D eigenvalue weighted by molar-refractivity contribution is 5.96. The summed E-state index contributed by atoms with van der Waals surface area (Å²) in [6.45, 7) is 1.85. The molecule has 4 atom stereocenters. The minimum Gasteiger partial charge on any atom is -0.368 e. The maximum atomic E-state index is 14.6. The van der Waals surface area contributed by atoms with Crippen molar-refractivity contribution in [1.82, 2.24) is 26.6 Å². The van der Waals surface area contributed by atoms with Crippen molar-refractivity contribution in [1.29, 1.82) is 0 Å². The third-order valence-electron chi connectivity index (χ3n) is 11.0. The first-order valence-electron chi connectivity index (χ1n) is 20.6. The number of fused-ring (bicyclic) bond motifs is 2. The van der Waals surface area contributed by atoms with Gasteiger partial charge in [0.05, 0.1) is 0 Å². The molecule has 5 aromatic carbocycles. The lowest BCUT2D eigenvalue weighted by Crippen LogP contribution is -2.59. The Labute approximate surface area is 345 Å². The lowest BCUT2D eigenvalue weighted by Gasteiger charge is -2.28. The zero-order chi connectivity index (χ0) is 41.6. The smallest absolute Gasteiger partial charge is 0.243 e. The quantitative estimate of drug-likeness (QED) is 0.0620. The van der Waals surface area contributed by atoms with Gasteiger partial charge in [0.15, 0.2) is 0 Å². The van der Waals surface area contributed by atoms with Crippen molar-refractivity contribution >= 4 is 51.1 Å². The fourth-order valence-corrected chi connectivity index (χ4v) is 7.65. The van der Waals surface area contributed by atoms with Crippen LogP contribution in [0.5, 0.6) is 0 Å². The predicted octanol–water partition coefficient (Wildman–Crippen LogP) is 3.57. The molecular formula is C47H55N7O5. The van der Waals surface area contributed by atoms with Gasteiger partial charge in [-0.15, -0.1) is 0 Å². The summed E-state index contributed by atoms with van der Waals surface area (Å²) < 4.78 is 0. The summed E-state index contributed by atoms with van der Waals surface area (Å²) >= 11 is 0. The first kappa shape index (κ1) is 42.5. The zero-order valence-electron chi connectivity index (χ0n) is 33.3. The van der Waals surface area contributed by atoms with E-state index in [4.69, 9.17) is 11.5 Å². The van der Waals surface area contributed by atoms with E-state index in [9.17, 15) is 24.0 Å². The van der Waals surface area contributed by atoms with Crippen LogP contribution in [0.25, 0.3) is 21.5 Å². The van der Waals surface area contributed by atoms with Gasteiger partial charge in [-0.2, -0.15) is 0 Å². The Morgan fingerprint density at radius 2 is 1.00 bits per heavy atom. The van der Waals surface area contributed by atoms with Gasteiger partial charge in [0, 0.05) is 25.2 Å². The van der Waals surface area contributed by atoms with E-state index < -0.39 is 47.8 Å². The highest BCUT2D eigenvalue weighted by Crippen LogP contribution is 2.20. The minimum absolute atomic E-state index is 0.0933. The van der Waals surface area contributed by atoms with Crippen molar-refractivity contribution in [3.05, 3.63) is 132 Å². The highest BCUT2D eigenvalue weighted by atomic mass is 16.2. The van der Waals surface area contributed by atoms with Crippen molar-refractivity contribution in [3.63, 3.8) is 0 Å². The zero-order valence-corrected chi connectivity index (χ0v) is 33.3. The van der Waals surface area contributed by atoms with Crippen LogP contribution in [0, 0.1) is 5.92 Å². The van der Waals surface area contributed by atoms with Gasteiger partial charge in [-0.05, 0) is 90.0 Å². The van der Waals surface area contributed by atoms with Gasteiger partial charge in [0.1, 0.15) is 24.2 Å². The summed E-state index contributed by atoms with van der Waals surface area (Å²) in [5.74, 6) is -2.87. The third-order valence-corrected chi connectivity index (χ3v) is 11.0. The number of unbranched alkanes of at least 4 members (excludes halogenated alkanes) is 1. The minimum atomic E-state index is -1.15. The number of carbonyl (C=O) groups excluding carboxylic acids is 5. The third kappa shape index (κ3) is 12.2. The number of rotatable bonds is 19. The lowest BCUT2D eigenvalue weighted by molar-refractivity contribution is -0.135. The van der Waals surface area contributed by atoms with E-state index in [1.807, 2.05) is 115 Å². The van der Waals surface area contributed by atoms with E-state index in [1.54, 1.807) is 0 Å². The Morgan fingerprint density at radius 3 is 1.51 bits per heavy atom. The van der Waals surface area contributed by atoms with Crippen LogP contribution in [0.3, 0.4) is 0 Å². The molecule has 59 heavy (non-hydrogen) atoms. The fraction of sp³-hybridized carbons (Fsp3) is 0.340. The van der Waals surface area contributed by atoms with E-state index in [1.165, 1.54) is 0 Å². The number of primary amides is 1.